The molecule has 0 aromatic heterocycles. The third kappa shape index (κ3) is 13.7. The quantitative estimate of drug-likeness (QED) is 0.423. The van der Waals surface area contributed by atoms with Gasteiger partial charge in [-0.3, -0.25) is 4.79 Å². The Bertz CT molecular complexity index is 220. The van der Waals surface area contributed by atoms with Crippen LogP contribution < -0.4 is 0 Å². The third-order valence-corrected chi connectivity index (χ3v) is 3.08. The molecule has 18 heavy (non-hydrogen) atoms. The van der Waals surface area contributed by atoms with Gasteiger partial charge in [-0.2, -0.15) is 13.2 Å². The van der Waals surface area contributed by atoms with E-state index in [-0.39, 0.29) is 12.4 Å². The van der Waals surface area contributed by atoms with E-state index in [1.807, 2.05) is 0 Å². The van der Waals surface area contributed by atoms with Crippen LogP contribution in [0.5, 0.6) is 0 Å². The van der Waals surface area contributed by atoms with E-state index in [2.05, 4.69) is 6.92 Å². The molecule has 0 atom stereocenters. The summed E-state index contributed by atoms with van der Waals surface area (Å²) in [6.45, 7) is 2.06. The zero-order valence-corrected chi connectivity index (χ0v) is 11.5. The van der Waals surface area contributed by atoms with Gasteiger partial charge in [0.1, 0.15) is 0 Å². The molecule has 0 saturated heterocycles. The summed E-state index contributed by atoms with van der Waals surface area (Å²) in [5.74, 6) is 0.334. The Morgan fingerprint density at radius 3 is 2.44 bits per heavy atom. The molecule has 0 N–H and O–H groups in total. The normalized spacial score (nSPS) is 11.6. The summed E-state index contributed by atoms with van der Waals surface area (Å²) in [6, 6.07) is 0. The maximum Gasteiger partial charge on any atom is 0.389 e. The molecule has 0 aromatic carbocycles. The van der Waals surface area contributed by atoms with Gasteiger partial charge in [0, 0.05) is 18.6 Å². The molecule has 0 rings (SSSR count). The number of alkyl halides is 3. The smallest absolute Gasteiger partial charge is 0.389 e. The summed E-state index contributed by atoms with van der Waals surface area (Å²) in [5.41, 5.74) is 0. The van der Waals surface area contributed by atoms with Crippen molar-refractivity contribution in [3.8, 4) is 0 Å². The van der Waals surface area contributed by atoms with Gasteiger partial charge >= 0.3 is 12.1 Å². The minimum atomic E-state index is -4.06. The molecule has 0 saturated carbocycles. The van der Waals surface area contributed by atoms with Gasteiger partial charge in [-0.1, -0.05) is 26.2 Å². The van der Waals surface area contributed by atoms with E-state index >= 15 is 0 Å². The number of unbranched alkanes of at least 4 members (excludes halogenated alkanes) is 4. The highest BCUT2D eigenvalue weighted by Crippen LogP contribution is 2.23. The van der Waals surface area contributed by atoms with Gasteiger partial charge in [0.05, 0.1) is 12.0 Å². The summed E-state index contributed by atoms with van der Waals surface area (Å²) in [6.07, 6.45) is -0.155. The summed E-state index contributed by atoms with van der Waals surface area (Å²) in [5, 5.41) is 0. The molecule has 0 aliphatic rings. The lowest BCUT2D eigenvalue weighted by atomic mass is 10.2. The lowest BCUT2D eigenvalue weighted by molar-refractivity contribution is -0.135. The molecule has 0 fully saturated rings. The van der Waals surface area contributed by atoms with E-state index in [0.717, 1.165) is 31.3 Å². The van der Waals surface area contributed by atoms with Gasteiger partial charge in [-0.15, -0.1) is 0 Å². The first-order valence-electron chi connectivity index (χ1n) is 6.34. The molecule has 2 nitrogen and oxygen atoms in total. The molecule has 0 bridgehead atoms. The maximum absolute atomic E-state index is 11.8. The van der Waals surface area contributed by atoms with Gasteiger partial charge in [0.25, 0.3) is 0 Å². The van der Waals surface area contributed by atoms with Crippen molar-refractivity contribution in [3.63, 3.8) is 0 Å². The van der Waals surface area contributed by atoms with Crippen LogP contribution in [0.2, 0.25) is 0 Å². The second-order valence-electron chi connectivity index (χ2n) is 4.16. The van der Waals surface area contributed by atoms with Crippen LogP contribution in [0.1, 0.15) is 58.3 Å². The SMILES string of the molecule is CCCCCC(=O)OSCCCCCC(F)(F)F. The Kier molecular flexibility index (Phi) is 10.3. The molecule has 0 unspecified atom stereocenters. The second kappa shape index (κ2) is 10.5. The number of rotatable bonds is 10. The molecule has 0 radical (unpaired) electrons. The Labute approximate surface area is 111 Å². The highest BCUT2D eigenvalue weighted by Gasteiger charge is 2.25. The van der Waals surface area contributed by atoms with Crippen molar-refractivity contribution in [2.24, 2.45) is 0 Å². The molecule has 0 heterocycles. The Morgan fingerprint density at radius 1 is 1.11 bits per heavy atom. The minimum Gasteiger partial charge on any atom is -0.391 e. The van der Waals surface area contributed by atoms with Crippen molar-refractivity contribution in [1.29, 1.82) is 0 Å². The highest BCUT2D eigenvalue weighted by atomic mass is 32.2. The molecule has 6 heteroatoms. The van der Waals surface area contributed by atoms with Crippen molar-refractivity contribution < 1.29 is 22.1 Å². The Morgan fingerprint density at radius 2 is 1.83 bits per heavy atom. The first kappa shape index (κ1) is 17.6. The van der Waals surface area contributed by atoms with Crippen LogP contribution in [0, 0.1) is 0 Å². The molecule has 0 aliphatic carbocycles. The lowest BCUT2D eigenvalue weighted by Crippen LogP contribution is -2.06. The van der Waals surface area contributed by atoms with E-state index in [1.165, 1.54) is 0 Å². The molecular formula is C12H21F3O2S. The largest absolute Gasteiger partial charge is 0.391 e. The van der Waals surface area contributed by atoms with Gasteiger partial charge in [-0.05, 0) is 19.3 Å². The van der Waals surface area contributed by atoms with Gasteiger partial charge < -0.3 is 4.18 Å². The summed E-state index contributed by atoms with van der Waals surface area (Å²) < 4.78 is 40.3. The molecule has 0 aliphatic heterocycles. The summed E-state index contributed by atoms with van der Waals surface area (Å²) in [4.78, 5) is 11.1. The fourth-order valence-corrected chi connectivity index (χ4v) is 1.95. The van der Waals surface area contributed by atoms with E-state index in [1.54, 1.807) is 0 Å². The number of hydrogen-bond acceptors (Lipinski definition) is 3. The lowest BCUT2D eigenvalue weighted by Gasteiger charge is -2.05. The first-order chi connectivity index (χ1) is 8.45. The van der Waals surface area contributed by atoms with Crippen LogP contribution in [-0.4, -0.2) is 17.9 Å². The minimum absolute atomic E-state index is 0.147. The first-order valence-corrected chi connectivity index (χ1v) is 7.26. The molecule has 0 spiro atoms. The fourth-order valence-electron chi connectivity index (χ4n) is 1.33. The number of carbonyl (C=O) groups is 1. The number of hydrogen-bond donors (Lipinski definition) is 0. The Hall–Kier alpha value is -0.390. The van der Waals surface area contributed by atoms with Crippen molar-refractivity contribution in [3.05, 3.63) is 0 Å². The van der Waals surface area contributed by atoms with Crippen molar-refractivity contribution in [2.75, 3.05) is 5.75 Å². The second-order valence-corrected chi connectivity index (χ2v) is 4.97. The topological polar surface area (TPSA) is 26.3 Å². The van der Waals surface area contributed by atoms with Gasteiger partial charge in [0.15, 0.2) is 0 Å². The third-order valence-electron chi connectivity index (χ3n) is 2.32. The van der Waals surface area contributed by atoms with E-state index in [0.29, 0.717) is 25.0 Å². The number of halogens is 3. The zero-order valence-electron chi connectivity index (χ0n) is 10.7. The van der Waals surface area contributed by atoms with Crippen molar-refractivity contribution in [2.45, 2.75) is 64.5 Å². The van der Waals surface area contributed by atoms with Crippen molar-refractivity contribution in [1.82, 2.24) is 0 Å². The van der Waals surface area contributed by atoms with E-state index in [9.17, 15) is 18.0 Å². The van der Waals surface area contributed by atoms with Crippen LogP contribution >= 0.6 is 12.0 Å². The monoisotopic (exact) mass is 286 g/mol. The van der Waals surface area contributed by atoms with Gasteiger partial charge in [0.2, 0.25) is 0 Å². The summed E-state index contributed by atoms with van der Waals surface area (Å²) in [7, 11) is 0. The predicted molar refractivity (Wildman–Crippen MR) is 67.2 cm³/mol. The zero-order chi connectivity index (χ0) is 13.9. The average molecular weight is 286 g/mol. The van der Waals surface area contributed by atoms with E-state index < -0.39 is 12.6 Å². The number of carbonyl (C=O) groups excluding carboxylic acids is 1. The van der Waals surface area contributed by atoms with Crippen LogP contribution in [0.25, 0.3) is 0 Å². The summed E-state index contributed by atoms with van der Waals surface area (Å²) >= 11 is 1.05. The Balaban J connectivity index is 3.22. The highest BCUT2D eigenvalue weighted by molar-refractivity contribution is 7.95. The van der Waals surface area contributed by atoms with Crippen molar-refractivity contribution >= 4 is 18.0 Å². The van der Waals surface area contributed by atoms with Gasteiger partial charge in [-0.25, -0.2) is 0 Å². The average Bonchev–Trinajstić information content (AvgIpc) is 2.26. The van der Waals surface area contributed by atoms with Crippen LogP contribution in [0.4, 0.5) is 13.2 Å². The van der Waals surface area contributed by atoms with Crippen LogP contribution in [-0.2, 0) is 8.98 Å². The fraction of sp³-hybridized carbons (Fsp3) is 0.917. The molecule has 108 valence electrons. The molecular weight excluding hydrogens is 265 g/mol. The predicted octanol–water partition coefficient (Wildman–Crippen LogP) is 4.88. The molecule has 0 aromatic rings. The maximum atomic E-state index is 11.8. The molecule has 0 amide bonds. The standard InChI is InChI=1S/C12H21F3O2S/c1-2-3-5-8-11(16)17-18-10-7-4-6-9-12(13,14)15/h2-10H2,1H3. The van der Waals surface area contributed by atoms with Crippen LogP contribution in [0.3, 0.4) is 0 Å². The van der Waals surface area contributed by atoms with Crippen LogP contribution in [0.15, 0.2) is 0 Å². The van der Waals surface area contributed by atoms with E-state index in [4.69, 9.17) is 4.18 Å².